The molecule has 0 saturated heterocycles. The van der Waals surface area contributed by atoms with E-state index in [9.17, 15) is 0 Å². The second-order valence-electron chi connectivity index (χ2n) is 8.57. The van der Waals surface area contributed by atoms with Crippen LogP contribution in [-0.4, -0.2) is 71.7 Å². The molecule has 7 heteroatoms. The summed E-state index contributed by atoms with van der Waals surface area (Å²) >= 11 is 0. The lowest BCUT2D eigenvalue weighted by Crippen LogP contribution is -2.32. The Bertz CT molecular complexity index is 997. The van der Waals surface area contributed by atoms with E-state index >= 15 is 0 Å². The summed E-state index contributed by atoms with van der Waals surface area (Å²) in [5.41, 5.74) is 5.97. The predicted octanol–water partition coefficient (Wildman–Crippen LogP) is 3.33. The Morgan fingerprint density at radius 3 is 2.66 bits per heavy atom. The van der Waals surface area contributed by atoms with Crippen LogP contribution >= 0.6 is 0 Å². The molecule has 0 radical (unpaired) electrons. The molecule has 4 rings (SSSR count). The van der Waals surface area contributed by atoms with E-state index in [1.807, 2.05) is 6.20 Å². The van der Waals surface area contributed by atoms with Crippen molar-refractivity contribution >= 4 is 5.65 Å². The zero-order chi connectivity index (χ0) is 22.3. The van der Waals surface area contributed by atoms with Crippen molar-refractivity contribution in [3.05, 3.63) is 65.4 Å². The van der Waals surface area contributed by atoms with Gasteiger partial charge in [0, 0.05) is 52.8 Å². The molecule has 0 N–H and O–H groups in total. The molecule has 3 heterocycles. The highest BCUT2D eigenvalue weighted by Gasteiger charge is 2.26. The molecule has 0 aromatic carbocycles. The maximum atomic E-state index is 5.35. The summed E-state index contributed by atoms with van der Waals surface area (Å²) in [7, 11) is 5.70. The molecule has 0 bridgehead atoms. The fourth-order valence-electron chi connectivity index (χ4n) is 4.67. The topological polar surface area (TPSA) is 55.1 Å². The first-order valence-electron chi connectivity index (χ1n) is 11.5. The Kier molecular flexibility index (Phi) is 7.86. The van der Waals surface area contributed by atoms with Gasteiger partial charge in [-0.15, -0.1) is 0 Å². The third-order valence-corrected chi connectivity index (χ3v) is 6.41. The third kappa shape index (κ3) is 5.18. The predicted molar refractivity (Wildman–Crippen MR) is 126 cm³/mol. The Hall–Kier alpha value is -2.32. The van der Waals surface area contributed by atoms with Gasteiger partial charge in [-0.3, -0.25) is 14.8 Å². The smallest absolute Gasteiger partial charge is 0.137 e. The normalized spacial score (nSPS) is 16.2. The SMILES string of the molecule is COCCN(CCOC)Cc1c(CN(C)C2CCCc3cccnc32)nc2ccccn12. The van der Waals surface area contributed by atoms with Crippen molar-refractivity contribution in [3.63, 3.8) is 0 Å². The first-order valence-corrected chi connectivity index (χ1v) is 11.5. The molecule has 172 valence electrons. The molecule has 3 aromatic rings. The number of aromatic nitrogens is 3. The van der Waals surface area contributed by atoms with Gasteiger partial charge in [-0.05, 0) is 50.1 Å². The summed E-state index contributed by atoms with van der Waals surface area (Å²) in [5.74, 6) is 0. The zero-order valence-electron chi connectivity index (χ0n) is 19.5. The van der Waals surface area contributed by atoms with Crippen molar-refractivity contribution < 1.29 is 9.47 Å². The molecule has 1 unspecified atom stereocenters. The van der Waals surface area contributed by atoms with Crippen LogP contribution in [0.15, 0.2) is 42.7 Å². The molecule has 3 aromatic heterocycles. The number of hydrogen-bond donors (Lipinski definition) is 0. The molecule has 1 aliphatic carbocycles. The van der Waals surface area contributed by atoms with Gasteiger partial charge in [0.15, 0.2) is 0 Å². The highest BCUT2D eigenvalue weighted by molar-refractivity contribution is 5.43. The minimum absolute atomic E-state index is 0.329. The van der Waals surface area contributed by atoms with Crippen LogP contribution < -0.4 is 0 Å². The van der Waals surface area contributed by atoms with Crippen LogP contribution in [0.25, 0.3) is 5.65 Å². The van der Waals surface area contributed by atoms with E-state index in [1.165, 1.54) is 23.4 Å². The number of imidazole rings is 1. The molecule has 1 aliphatic rings. The zero-order valence-corrected chi connectivity index (χ0v) is 19.5. The second-order valence-corrected chi connectivity index (χ2v) is 8.57. The molecule has 1 atom stereocenters. The quantitative estimate of drug-likeness (QED) is 0.459. The minimum Gasteiger partial charge on any atom is -0.383 e. The largest absolute Gasteiger partial charge is 0.383 e. The van der Waals surface area contributed by atoms with E-state index in [-0.39, 0.29) is 0 Å². The van der Waals surface area contributed by atoms with Gasteiger partial charge in [-0.25, -0.2) is 4.98 Å². The van der Waals surface area contributed by atoms with E-state index in [0.29, 0.717) is 19.3 Å². The van der Waals surface area contributed by atoms with Gasteiger partial charge in [-0.1, -0.05) is 12.1 Å². The molecule has 0 spiro atoms. The minimum atomic E-state index is 0.329. The summed E-state index contributed by atoms with van der Waals surface area (Å²) in [6, 6.07) is 10.8. The Morgan fingerprint density at radius 1 is 1.06 bits per heavy atom. The average molecular weight is 438 g/mol. The second kappa shape index (κ2) is 11.0. The summed E-state index contributed by atoms with van der Waals surface area (Å²) < 4.78 is 12.9. The molecule has 0 fully saturated rings. The lowest BCUT2D eigenvalue weighted by Gasteiger charge is -2.32. The van der Waals surface area contributed by atoms with Gasteiger partial charge in [0.05, 0.1) is 36.3 Å². The van der Waals surface area contributed by atoms with Crippen LogP contribution in [0.2, 0.25) is 0 Å². The van der Waals surface area contributed by atoms with Crippen molar-refractivity contribution in [1.29, 1.82) is 0 Å². The lowest BCUT2D eigenvalue weighted by atomic mass is 9.91. The highest BCUT2D eigenvalue weighted by atomic mass is 16.5. The Morgan fingerprint density at radius 2 is 1.88 bits per heavy atom. The summed E-state index contributed by atoms with van der Waals surface area (Å²) in [6.07, 6.45) is 7.50. The molecule has 0 amide bonds. The molecule has 0 saturated carbocycles. The van der Waals surface area contributed by atoms with Crippen LogP contribution in [0.5, 0.6) is 0 Å². The highest BCUT2D eigenvalue weighted by Crippen LogP contribution is 2.33. The van der Waals surface area contributed by atoms with Gasteiger partial charge < -0.3 is 13.9 Å². The average Bonchev–Trinajstić information content (AvgIpc) is 3.17. The van der Waals surface area contributed by atoms with Crippen molar-refractivity contribution in [1.82, 2.24) is 24.2 Å². The maximum Gasteiger partial charge on any atom is 0.137 e. The van der Waals surface area contributed by atoms with Crippen molar-refractivity contribution in [3.8, 4) is 0 Å². The molecule has 32 heavy (non-hydrogen) atoms. The number of aryl methyl sites for hydroxylation is 1. The van der Waals surface area contributed by atoms with Gasteiger partial charge in [0.1, 0.15) is 5.65 Å². The van der Waals surface area contributed by atoms with E-state index in [1.54, 1.807) is 14.2 Å². The van der Waals surface area contributed by atoms with E-state index < -0.39 is 0 Å². The number of pyridine rings is 2. The van der Waals surface area contributed by atoms with Crippen molar-refractivity contribution in [2.45, 2.75) is 38.4 Å². The monoisotopic (exact) mass is 437 g/mol. The number of methoxy groups -OCH3 is 2. The molecule has 0 aliphatic heterocycles. The number of ether oxygens (including phenoxy) is 2. The number of fused-ring (bicyclic) bond motifs is 2. The van der Waals surface area contributed by atoms with Gasteiger partial charge in [-0.2, -0.15) is 0 Å². The molecular weight excluding hydrogens is 402 g/mol. The van der Waals surface area contributed by atoms with Crippen LogP contribution in [-0.2, 0) is 29.0 Å². The van der Waals surface area contributed by atoms with E-state index in [2.05, 4.69) is 57.8 Å². The van der Waals surface area contributed by atoms with Crippen molar-refractivity contribution in [2.75, 3.05) is 47.6 Å². The van der Waals surface area contributed by atoms with Crippen LogP contribution in [0.4, 0.5) is 0 Å². The van der Waals surface area contributed by atoms with Gasteiger partial charge >= 0.3 is 0 Å². The van der Waals surface area contributed by atoms with Gasteiger partial charge in [0.2, 0.25) is 0 Å². The Balaban J connectivity index is 1.60. The lowest BCUT2D eigenvalue weighted by molar-refractivity contribution is 0.109. The first-order chi connectivity index (χ1) is 15.7. The summed E-state index contributed by atoms with van der Waals surface area (Å²) in [6.45, 7) is 4.70. The standard InChI is InChI=1S/C25H35N5O2/c1-28(22-10-6-8-20-9-7-12-26-25(20)22)18-21-23(30-13-5-4-11-24(30)27-21)19-29(14-16-31-2)15-17-32-3/h4-5,7,9,11-13,22H,6,8,10,14-19H2,1-3H3. The number of nitrogens with zero attached hydrogens (tertiary/aromatic N) is 5. The molecule has 7 nitrogen and oxygen atoms in total. The summed E-state index contributed by atoms with van der Waals surface area (Å²) in [5, 5.41) is 0. The van der Waals surface area contributed by atoms with Gasteiger partial charge in [0.25, 0.3) is 0 Å². The fourth-order valence-corrected chi connectivity index (χ4v) is 4.67. The van der Waals surface area contributed by atoms with E-state index in [0.717, 1.165) is 50.4 Å². The fraction of sp³-hybridized carbons (Fsp3) is 0.520. The first kappa shape index (κ1) is 22.9. The summed E-state index contributed by atoms with van der Waals surface area (Å²) in [4.78, 5) is 14.6. The van der Waals surface area contributed by atoms with Crippen LogP contribution in [0.1, 0.15) is 41.5 Å². The maximum absolute atomic E-state index is 5.35. The van der Waals surface area contributed by atoms with E-state index in [4.69, 9.17) is 19.4 Å². The van der Waals surface area contributed by atoms with Crippen molar-refractivity contribution in [2.24, 2.45) is 0 Å². The molecular formula is C25H35N5O2. The number of hydrogen-bond acceptors (Lipinski definition) is 6. The Labute approximate surface area is 191 Å². The number of rotatable bonds is 11. The van der Waals surface area contributed by atoms with Crippen LogP contribution in [0, 0.1) is 0 Å². The van der Waals surface area contributed by atoms with Crippen LogP contribution in [0.3, 0.4) is 0 Å². The third-order valence-electron chi connectivity index (χ3n) is 6.41.